The number of aliphatic carboxylic acids is 1. The third kappa shape index (κ3) is 5.16. The van der Waals surface area contributed by atoms with Crippen molar-refractivity contribution in [3.05, 3.63) is 0 Å². The molecule has 7 nitrogen and oxygen atoms in total. The predicted octanol–water partition coefficient (Wildman–Crippen LogP) is 0.482. The first-order chi connectivity index (χ1) is 10.8. The van der Waals surface area contributed by atoms with Crippen LogP contribution in [0.1, 0.15) is 33.6 Å². The summed E-state index contributed by atoms with van der Waals surface area (Å²) in [7, 11) is 0. The largest absolute Gasteiger partial charge is 0.480 e. The van der Waals surface area contributed by atoms with Gasteiger partial charge in [-0.25, -0.2) is 0 Å². The molecule has 0 aromatic carbocycles. The normalized spacial score (nSPS) is 27.3. The van der Waals surface area contributed by atoms with Crippen molar-refractivity contribution in [3.8, 4) is 0 Å². The number of ether oxygens (including phenoxy) is 2. The molecular weight excluding hydrogens is 300 g/mol. The number of carbonyl (C=O) groups is 2. The number of carboxylic acids is 1. The van der Waals surface area contributed by atoms with Crippen LogP contribution in [-0.2, 0) is 19.1 Å². The fourth-order valence-corrected chi connectivity index (χ4v) is 3.19. The standard InChI is InChI=1S/C16H28N2O5/c1-11(17-14(19)12-4-6-22-7-5-12)8-18-10-16(2,3)23-9-13(18)15(20)21/h11-13H,4-10H2,1-3H3,(H,17,19)(H,20,21). The van der Waals surface area contributed by atoms with Gasteiger partial charge in [-0.2, -0.15) is 0 Å². The number of hydrogen-bond acceptors (Lipinski definition) is 5. The summed E-state index contributed by atoms with van der Waals surface area (Å²) in [5.41, 5.74) is -0.379. The summed E-state index contributed by atoms with van der Waals surface area (Å²) in [6.07, 6.45) is 1.50. The lowest BCUT2D eigenvalue weighted by molar-refractivity contribution is -0.162. The van der Waals surface area contributed by atoms with Gasteiger partial charge in [-0.05, 0) is 33.6 Å². The van der Waals surface area contributed by atoms with Gasteiger partial charge in [-0.3, -0.25) is 14.5 Å². The van der Waals surface area contributed by atoms with Crippen LogP contribution in [0.5, 0.6) is 0 Å². The molecule has 132 valence electrons. The molecule has 2 fully saturated rings. The van der Waals surface area contributed by atoms with E-state index in [0.29, 0.717) is 26.3 Å². The lowest BCUT2D eigenvalue weighted by atomic mass is 9.99. The maximum absolute atomic E-state index is 12.3. The van der Waals surface area contributed by atoms with E-state index in [2.05, 4.69) is 5.32 Å². The highest BCUT2D eigenvalue weighted by Gasteiger charge is 2.38. The number of carboxylic acid groups (broad SMARTS) is 1. The van der Waals surface area contributed by atoms with Gasteiger partial charge < -0.3 is 19.9 Å². The van der Waals surface area contributed by atoms with Crippen molar-refractivity contribution >= 4 is 11.9 Å². The van der Waals surface area contributed by atoms with Crippen LogP contribution in [0.25, 0.3) is 0 Å². The first-order valence-electron chi connectivity index (χ1n) is 8.27. The second kappa shape index (κ2) is 7.59. The minimum Gasteiger partial charge on any atom is -0.480 e. The fourth-order valence-electron chi connectivity index (χ4n) is 3.19. The molecule has 2 atom stereocenters. The zero-order valence-electron chi connectivity index (χ0n) is 14.2. The maximum Gasteiger partial charge on any atom is 0.323 e. The van der Waals surface area contributed by atoms with Crippen molar-refractivity contribution in [2.45, 2.75) is 51.3 Å². The number of nitrogens with zero attached hydrogens (tertiary/aromatic N) is 1. The molecule has 0 radical (unpaired) electrons. The summed E-state index contributed by atoms with van der Waals surface area (Å²) in [5.74, 6) is -0.841. The van der Waals surface area contributed by atoms with Crippen molar-refractivity contribution in [1.82, 2.24) is 10.2 Å². The molecule has 2 N–H and O–H groups in total. The molecule has 0 aliphatic carbocycles. The van der Waals surface area contributed by atoms with Gasteiger partial charge in [0.25, 0.3) is 0 Å². The molecule has 23 heavy (non-hydrogen) atoms. The van der Waals surface area contributed by atoms with Gasteiger partial charge in [0.15, 0.2) is 0 Å². The van der Waals surface area contributed by atoms with Crippen molar-refractivity contribution in [1.29, 1.82) is 0 Å². The van der Waals surface area contributed by atoms with Crippen LogP contribution in [0.2, 0.25) is 0 Å². The smallest absolute Gasteiger partial charge is 0.323 e. The molecule has 1 amide bonds. The van der Waals surface area contributed by atoms with Crippen molar-refractivity contribution in [3.63, 3.8) is 0 Å². The molecule has 0 saturated carbocycles. The van der Waals surface area contributed by atoms with Crippen LogP contribution in [0.4, 0.5) is 0 Å². The van der Waals surface area contributed by atoms with Crippen molar-refractivity contribution in [2.24, 2.45) is 5.92 Å². The van der Waals surface area contributed by atoms with Crippen LogP contribution in [0.3, 0.4) is 0 Å². The molecule has 2 saturated heterocycles. The molecule has 0 bridgehead atoms. The number of nitrogens with one attached hydrogen (secondary N) is 1. The van der Waals surface area contributed by atoms with E-state index < -0.39 is 12.0 Å². The van der Waals surface area contributed by atoms with Crippen LogP contribution in [-0.4, -0.2) is 72.5 Å². The number of carbonyl (C=O) groups excluding carboxylic acids is 1. The average Bonchev–Trinajstić information content (AvgIpc) is 2.46. The molecule has 2 aliphatic rings. The van der Waals surface area contributed by atoms with E-state index in [1.165, 1.54) is 0 Å². The Morgan fingerprint density at radius 2 is 2.00 bits per heavy atom. The molecule has 2 heterocycles. The molecule has 2 aliphatic heterocycles. The molecule has 7 heteroatoms. The van der Waals surface area contributed by atoms with Gasteiger partial charge in [0.05, 0.1) is 12.2 Å². The van der Waals surface area contributed by atoms with Crippen molar-refractivity contribution < 1.29 is 24.2 Å². The zero-order chi connectivity index (χ0) is 17.0. The summed E-state index contributed by atoms with van der Waals surface area (Å²) in [5, 5.41) is 12.4. The van der Waals surface area contributed by atoms with Crippen LogP contribution >= 0.6 is 0 Å². The minimum atomic E-state index is -0.886. The summed E-state index contributed by atoms with van der Waals surface area (Å²) >= 11 is 0. The Hall–Kier alpha value is -1.18. The van der Waals surface area contributed by atoms with Gasteiger partial charge in [0.2, 0.25) is 5.91 Å². The first-order valence-corrected chi connectivity index (χ1v) is 8.27. The van der Waals surface area contributed by atoms with E-state index in [9.17, 15) is 14.7 Å². The Kier molecular flexibility index (Phi) is 6.00. The number of amides is 1. The first kappa shape index (κ1) is 18.2. The Labute approximate surface area is 137 Å². The molecule has 0 spiro atoms. The Morgan fingerprint density at radius 3 is 2.61 bits per heavy atom. The Balaban J connectivity index is 1.89. The van der Waals surface area contributed by atoms with Gasteiger partial charge in [-0.15, -0.1) is 0 Å². The summed E-state index contributed by atoms with van der Waals surface area (Å²) in [4.78, 5) is 25.6. The number of rotatable bonds is 5. The summed E-state index contributed by atoms with van der Waals surface area (Å²) in [6.45, 7) is 8.27. The van der Waals surface area contributed by atoms with Crippen LogP contribution < -0.4 is 5.32 Å². The third-order valence-electron chi connectivity index (χ3n) is 4.43. The Morgan fingerprint density at radius 1 is 1.35 bits per heavy atom. The molecule has 0 aromatic rings. The van der Waals surface area contributed by atoms with Gasteiger partial charge in [0, 0.05) is 38.3 Å². The van der Waals surface area contributed by atoms with Crippen LogP contribution in [0, 0.1) is 5.92 Å². The molecule has 0 aromatic heterocycles. The second-order valence-electron chi connectivity index (χ2n) is 7.15. The fraction of sp³-hybridized carbons (Fsp3) is 0.875. The third-order valence-corrected chi connectivity index (χ3v) is 4.43. The van der Waals surface area contributed by atoms with E-state index in [1.54, 1.807) is 0 Å². The highest BCUT2D eigenvalue weighted by atomic mass is 16.5. The van der Waals surface area contributed by atoms with Gasteiger partial charge in [0.1, 0.15) is 6.04 Å². The molecule has 2 rings (SSSR count). The van der Waals surface area contributed by atoms with Gasteiger partial charge >= 0.3 is 5.97 Å². The lowest BCUT2D eigenvalue weighted by Gasteiger charge is -2.42. The SMILES string of the molecule is CC(CN1CC(C)(C)OCC1C(=O)O)NC(=O)C1CCOCC1. The molecular formula is C16H28N2O5. The summed E-state index contributed by atoms with van der Waals surface area (Å²) in [6, 6.07) is -0.772. The highest BCUT2D eigenvalue weighted by Crippen LogP contribution is 2.21. The van der Waals surface area contributed by atoms with Crippen molar-refractivity contribution in [2.75, 3.05) is 32.9 Å². The highest BCUT2D eigenvalue weighted by molar-refractivity contribution is 5.79. The Bertz CT molecular complexity index is 434. The quantitative estimate of drug-likeness (QED) is 0.763. The van der Waals surface area contributed by atoms with E-state index in [-0.39, 0.29) is 30.1 Å². The van der Waals surface area contributed by atoms with Gasteiger partial charge in [-0.1, -0.05) is 0 Å². The lowest BCUT2D eigenvalue weighted by Crippen LogP contribution is -2.59. The predicted molar refractivity (Wildman–Crippen MR) is 84.2 cm³/mol. The number of morpholine rings is 1. The molecule has 2 unspecified atom stereocenters. The minimum absolute atomic E-state index is 0.00241. The van der Waals surface area contributed by atoms with E-state index in [4.69, 9.17) is 9.47 Å². The summed E-state index contributed by atoms with van der Waals surface area (Å²) < 4.78 is 10.9. The zero-order valence-corrected chi connectivity index (χ0v) is 14.2. The average molecular weight is 328 g/mol. The topological polar surface area (TPSA) is 88.1 Å². The van der Waals surface area contributed by atoms with Crippen LogP contribution in [0.15, 0.2) is 0 Å². The second-order valence-corrected chi connectivity index (χ2v) is 7.15. The van der Waals surface area contributed by atoms with E-state index in [0.717, 1.165) is 12.8 Å². The van der Waals surface area contributed by atoms with E-state index in [1.807, 2.05) is 25.7 Å². The number of hydrogen-bond donors (Lipinski definition) is 2. The maximum atomic E-state index is 12.3. The van der Waals surface area contributed by atoms with E-state index >= 15 is 0 Å². The monoisotopic (exact) mass is 328 g/mol.